The summed E-state index contributed by atoms with van der Waals surface area (Å²) in [5, 5.41) is 9.43. The Bertz CT molecular complexity index is 665. The van der Waals surface area contributed by atoms with Crippen LogP contribution in [-0.2, 0) is 9.53 Å². The number of aromatic nitrogens is 1. The van der Waals surface area contributed by atoms with Crippen LogP contribution >= 0.6 is 0 Å². The molecule has 0 radical (unpaired) electrons. The van der Waals surface area contributed by atoms with Gasteiger partial charge in [0.15, 0.2) is 5.92 Å². The number of nitrogens with zero attached hydrogens (tertiary/aromatic N) is 2. The maximum Gasteiger partial charge on any atom is 0.324 e. The summed E-state index contributed by atoms with van der Waals surface area (Å²) in [7, 11) is 0. The monoisotopic (exact) mass is 298 g/mol. The van der Waals surface area contributed by atoms with Crippen molar-refractivity contribution in [2.45, 2.75) is 12.8 Å². The van der Waals surface area contributed by atoms with Crippen LogP contribution in [0.25, 0.3) is 0 Å². The van der Waals surface area contributed by atoms with Gasteiger partial charge in [0.2, 0.25) is 0 Å². The van der Waals surface area contributed by atoms with Crippen LogP contribution in [0.2, 0.25) is 0 Å². The lowest BCUT2D eigenvalue weighted by Crippen LogP contribution is -2.24. The number of carbonyl (C=O) groups excluding carboxylic acids is 1. The molecule has 112 valence electrons. The standard InChI is InChI=1S/C17H15FN2O2/c1-2-22-17(21)15(11-19)16(13-7-9-20-10-8-13)12-3-5-14(18)6-4-12/h3-10,15-16H,2H2,1H3. The second kappa shape index (κ2) is 7.32. The molecule has 2 atom stereocenters. The van der Waals surface area contributed by atoms with Gasteiger partial charge in [0.05, 0.1) is 12.7 Å². The van der Waals surface area contributed by atoms with Gasteiger partial charge in [-0.1, -0.05) is 12.1 Å². The quantitative estimate of drug-likeness (QED) is 0.796. The first kappa shape index (κ1) is 15.6. The normalized spacial score (nSPS) is 13.0. The molecule has 0 N–H and O–H groups in total. The summed E-state index contributed by atoms with van der Waals surface area (Å²) < 4.78 is 18.1. The Morgan fingerprint density at radius 3 is 2.36 bits per heavy atom. The number of halogens is 1. The minimum absolute atomic E-state index is 0.198. The van der Waals surface area contributed by atoms with Gasteiger partial charge in [-0.05, 0) is 42.3 Å². The molecule has 1 aromatic heterocycles. The molecule has 0 fully saturated rings. The van der Waals surface area contributed by atoms with Gasteiger partial charge in [0, 0.05) is 18.3 Å². The van der Waals surface area contributed by atoms with Crippen molar-refractivity contribution >= 4 is 5.97 Å². The van der Waals surface area contributed by atoms with E-state index in [1.165, 1.54) is 12.1 Å². The van der Waals surface area contributed by atoms with Crippen molar-refractivity contribution in [3.8, 4) is 6.07 Å². The van der Waals surface area contributed by atoms with Gasteiger partial charge in [-0.25, -0.2) is 4.39 Å². The third kappa shape index (κ3) is 3.47. The van der Waals surface area contributed by atoms with Gasteiger partial charge >= 0.3 is 5.97 Å². The molecule has 0 spiro atoms. The minimum Gasteiger partial charge on any atom is -0.465 e. The fraction of sp³-hybridized carbons (Fsp3) is 0.235. The molecular formula is C17H15FN2O2. The van der Waals surface area contributed by atoms with E-state index in [-0.39, 0.29) is 12.4 Å². The van der Waals surface area contributed by atoms with E-state index in [0.29, 0.717) is 5.56 Å². The van der Waals surface area contributed by atoms with E-state index in [0.717, 1.165) is 5.56 Å². The topological polar surface area (TPSA) is 63.0 Å². The van der Waals surface area contributed by atoms with E-state index in [9.17, 15) is 14.4 Å². The lowest BCUT2D eigenvalue weighted by Gasteiger charge is -2.21. The maximum absolute atomic E-state index is 13.1. The van der Waals surface area contributed by atoms with Crippen LogP contribution < -0.4 is 0 Å². The molecule has 2 aromatic rings. The van der Waals surface area contributed by atoms with Gasteiger partial charge < -0.3 is 4.74 Å². The van der Waals surface area contributed by atoms with Crippen molar-refractivity contribution in [1.82, 2.24) is 4.98 Å². The molecule has 0 saturated heterocycles. The molecule has 0 aliphatic rings. The van der Waals surface area contributed by atoms with E-state index < -0.39 is 17.8 Å². The average Bonchev–Trinajstić information content (AvgIpc) is 2.54. The summed E-state index contributed by atoms with van der Waals surface area (Å²) in [6, 6.07) is 11.2. The van der Waals surface area contributed by atoms with Crippen LogP contribution in [0.3, 0.4) is 0 Å². The molecule has 0 aliphatic carbocycles. The second-order valence-electron chi connectivity index (χ2n) is 4.67. The van der Waals surface area contributed by atoms with Gasteiger partial charge in [0.1, 0.15) is 5.82 Å². The van der Waals surface area contributed by atoms with E-state index in [2.05, 4.69) is 4.98 Å². The molecule has 2 rings (SSSR count). The predicted molar refractivity (Wildman–Crippen MR) is 78.2 cm³/mol. The highest BCUT2D eigenvalue weighted by Crippen LogP contribution is 2.32. The Morgan fingerprint density at radius 1 is 1.23 bits per heavy atom. The Balaban J connectivity index is 2.48. The number of hydrogen-bond acceptors (Lipinski definition) is 4. The summed E-state index contributed by atoms with van der Waals surface area (Å²) in [6.45, 7) is 1.88. The summed E-state index contributed by atoms with van der Waals surface area (Å²) in [4.78, 5) is 16.0. The number of nitriles is 1. The summed E-state index contributed by atoms with van der Waals surface area (Å²) in [5.74, 6) is -2.50. The molecule has 4 nitrogen and oxygen atoms in total. The second-order valence-corrected chi connectivity index (χ2v) is 4.67. The van der Waals surface area contributed by atoms with Crippen LogP contribution in [0.1, 0.15) is 24.0 Å². The van der Waals surface area contributed by atoms with Crippen molar-refractivity contribution in [3.63, 3.8) is 0 Å². The third-order valence-electron chi connectivity index (χ3n) is 3.31. The van der Waals surface area contributed by atoms with Crippen LogP contribution in [0, 0.1) is 23.1 Å². The van der Waals surface area contributed by atoms with Crippen molar-refractivity contribution in [2.75, 3.05) is 6.61 Å². The number of ether oxygens (including phenoxy) is 1. The molecule has 0 aliphatic heterocycles. The molecule has 1 heterocycles. The zero-order valence-electron chi connectivity index (χ0n) is 12.1. The van der Waals surface area contributed by atoms with Crippen LogP contribution in [0.15, 0.2) is 48.8 Å². The number of esters is 1. The number of hydrogen-bond donors (Lipinski definition) is 0. The third-order valence-corrected chi connectivity index (χ3v) is 3.31. The fourth-order valence-electron chi connectivity index (χ4n) is 2.31. The predicted octanol–water partition coefficient (Wildman–Crippen LogP) is 3.06. The minimum atomic E-state index is -1.01. The highest BCUT2D eigenvalue weighted by molar-refractivity contribution is 5.77. The van der Waals surface area contributed by atoms with Gasteiger partial charge in [-0.2, -0.15) is 5.26 Å². The highest BCUT2D eigenvalue weighted by atomic mass is 19.1. The Morgan fingerprint density at radius 2 is 1.82 bits per heavy atom. The average molecular weight is 298 g/mol. The van der Waals surface area contributed by atoms with Gasteiger partial charge in [-0.3, -0.25) is 9.78 Å². The van der Waals surface area contributed by atoms with E-state index >= 15 is 0 Å². The lowest BCUT2D eigenvalue weighted by molar-refractivity contribution is -0.146. The summed E-state index contributed by atoms with van der Waals surface area (Å²) in [6.07, 6.45) is 3.18. The zero-order valence-corrected chi connectivity index (χ0v) is 12.1. The molecule has 0 amide bonds. The van der Waals surface area contributed by atoms with Crippen molar-refractivity contribution in [1.29, 1.82) is 5.26 Å². The molecule has 0 saturated carbocycles. The molecular weight excluding hydrogens is 283 g/mol. The van der Waals surface area contributed by atoms with Crippen molar-refractivity contribution < 1.29 is 13.9 Å². The van der Waals surface area contributed by atoms with Crippen LogP contribution in [-0.4, -0.2) is 17.6 Å². The molecule has 22 heavy (non-hydrogen) atoms. The number of benzene rings is 1. The summed E-state index contributed by atoms with van der Waals surface area (Å²) >= 11 is 0. The van der Waals surface area contributed by atoms with Crippen molar-refractivity contribution in [3.05, 3.63) is 65.7 Å². The zero-order chi connectivity index (χ0) is 15.9. The fourth-order valence-corrected chi connectivity index (χ4v) is 2.31. The molecule has 0 bridgehead atoms. The Labute approximate surface area is 128 Å². The van der Waals surface area contributed by atoms with E-state index in [1.807, 2.05) is 6.07 Å². The highest BCUT2D eigenvalue weighted by Gasteiger charge is 2.32. The summed E-state index contributed by atoms with van der Waals surface area (Å²) in [5.41, 5.74) is 1.42. The number of pyridine rings is 1. The van der Waals surface area contributed by atoms with E-state index in [1.54, 1.807) is 43.6 Å². The van der Waals surface area contributed by atoms with Crippen LogP contribution in [0.5, 0.6) is 0 Å². The first-order chi connectivity index (χ1) is 10.7. The number of rotatable bonds is 5. The smallest absolute Gasteiger partial charge is 0.324 e. The van der Waals surface area contributed by atoms with Crippen molar-refractivity contribution in [2.24, 2.45) is 5.92 Å². The SMILES string of the molecule is CCOC(=O)C(C#N)C(c1ccncc1)c1ccc(F)cc1. The van der Waals surface area contributed by atoms with Gasteiger partial charge in [-0.15, -0.1) is 0 Å². The van der Waals surface area contributed by atoms with E-state index in [4.69, 9.17) is 4.74 Å². The number of carbonyl (C=O) groups is 1. The first-order valence-electron chi connectivity index (χ1n) is 6.89. The van der Waals surface area contributed by atoms with Gasteiger partial charge in [0.25, 0.3) is 0 Å². The maximum atomic E-state index is 13.1. The Hall–Kier alpha value is -2.74. The Kier molecular flexibility index (Phi) is 5.21. The molecule has 5 heteroatoms. The molecule has 1 aromatic carbocycles. The largest absolute Gasteiger partial charge is 0.465 e. The molecule has 2 unspecified atom stereocenters. The van der Waals surface area contributed by atoms with Crippen LogP contribution in [0.4, 0.5) is 4.39 Å². The first-order valence-corrected chi connectivity index (χ1v) is 6.89. The lowest BCUT2D eigenvalue weighted by atomic mass is 9.81.